The first-order chi connectivity index (χ1) is 8.09. The molecule has 0 unspecified atom stereocenters. The number of aryl methyl sites for hydroxylation is 1. The lowest BCUT2D eigenvalue weighted by molar-refractivity contribution is 0.0697. The number of aromatic nitrogens is 2. The van der Waals surface area contributed by atoms with Gasteiger partial charge in [-0.25, -0.2) is 9.59 Å². The molecular weight excluding hydrogens is 220 g/mol. The predicted molar refractivity (Wildman–Crippen MR) is 62.4 cm³/mol. The van der Waals surface area contributed by atoms with Crippen LogP contribution in [0.3, 0.4) is 0 Å². The van der Waals surface area contributed by atoms with Gasteiger partial charge < -0.3 is 5.11 Å². The first kappa shape index (κ1) is 10.1. The van der Waals surface area contributed by atoms with E-state index < -0.39 is 5.97 Å². The van der Waals surface area contributed by atoms with Crippen molar-refractivity contribution in [3.05, 3.63) is 34.2 Å². The van der Waals surface area contributed by atoms with Crippen molar-refractivity contribution in [1.82, 2.24) is 9.13 Å². The molecule has 1 fully saturated rings. The molecule has 3 rings (SSSR count). The molecule has 17 heavy (non-hydrogen) atoms. The van der Waals surface area contributed by atoms with Crippen molar-refractivity contribution < 1.29 is 9.90 Å². The molecule has 0 aliphatic heterocycles. The van der Waals surface area contributed by atoms with E-state index in [0.29, 0.717) is 11.6 Å². The van der Waals surface area contributed by atoms with Crippen molar-refractivity contribution in [2.45, 2.75) is 18.9 Å². The first-order valence-electron chi connectivity index (χ1n) is 5.54. The van der Waals surface area contributed by atoms with Gasteiger partial charge in [0.25, 0.3) is 0 Å². The third-order valence-corrected chi connectivity index (χ3v) is 3.25. The van der Waals surface area contributed by atoms with Gasteiger partial charge in [-0.1, -0.05) is 0 Å². The third kappa shape index (κ3) is 1.39. The second-order valence-electron chi connectivity index (χ2n) is 4.45. The van der Waals surface area contributed by atoms with Crippen LogP contribution in [0.1, 0.15) is 29.2 Å². The van der Waals surface area contributed by atoms with Crippen molar-refractivity contribution in [2.24, 2.45) is 7.05 Å². The standard InChI is InChI=1S/C12H12N2O3/c1-13-10-6-7(11(15)16)2-5-9(10)14(12(13)17)8-3-4-8/h2,5-6,8H,3-4H2,1H3,(H,15,16). The molecule has 1 heterocycles. The van der Waals surface area contributed by atoms with Gasteiger partial charge in [0.15, 0.2) is 0 Å². The second kappa shape index (κ2) is 3.23. The summed E-state index contributed by atoms with van der Waals surface area (Å²) in [6.07, 6.45) is 2.05. The molecule has 0 atom stereocenters. The van der Waals surface area contributed by atoms with E-state index in [4.69, 9.17) is 5.11 Å². The van der Waals surface area contributed by atoms with Gasteiger partial charge in [-0.05, 0) is 31.0 Å². The Labute approximate surface area is 96.9 Å². The molecule has 2 aromatic rings. The van der Waals surface area contributed by atoms with Crippen LogP contribution in [0.15, 0.2) is 23.0 Å². The molecule has 1 aliphatic rings. The Kier molecular flexibility index (Phi) is 1.92. The van der Waals surface area contributed by atoms with Crippen LogP contribution in [0.25, 0.3) is 11.0 Å². The van der Waals surface area contributed by atoms with Crippen LogP contribution in [0, 0.1) is 0 Å². The minimum atomic E-state index is -0.974. The lowest BCUT2D eigenvalue weighted by Crippen LogP contribution is -2.21. The highest BCUT2D eigenvalue weighted by Gasteiger charge is 2.28. The van der Waals surface area contributed by atoms with Crippen LogP contribution < -0.4 is 5.69 Å². The maximum absolute atomic E-state index is 12.0. The van der Waals surface area contributed by atoms with Crippen molar-refractivity contribution in [3.8, 4) is 0 Å². The molecule has 1 aromatic carbocycles. The molecular formula is C12H12N2O3. The van der Waals surface area contributed by atoms with E-state index in [1.165, 1.54) is 4.57 Å². The summed E-state index contributed by atoms with van der Waals surface area (Å²) in [4.78, 5) is 22.9. The first-order valence-corrected chi connectivity index (χ1v) is 5.54. The topological polar surface area (TPSA) is 64.2 Å². The summed E-state index contributed by atoms with van der Waals surface area (Å²) < 4.78 is 3.28. The van der Waals surface area contributed by atoms with E-state index in [9.17, 15) is 9.59 Å². The van der Waals surface area contributed by atoms with Crippen LogP contribution >= 0.6 is 0 Å². The molecule has 0 bridgehead atoms. The Morgan fingerprint density at radius 2 is 2.06 bits per heavy atom. The number of imidazole rings is 1. The van der Waals surface area contributed by atoms with Crippen molar-refractivity contribution in [3.63, 3.8) is 0 Å². The Hall–Kier alpha value is -2.04. The zero-order valence-corrected chi connectivity index (χ0v) is 9.38. The van der Waals surface area contributed by atoms with Crippen molar-refractivity contribution >= 4 is 17.0 Å². The Morgan fingerprint density at radius 3 is 2.65 bits per heavy atom. The van der Waals surface area contributed by atoms with E-state index >= 15 is 0 Å². The van der Waals surface area contributed by atoms with E-state index in [-0.39, 0.29) is 11.3 Å². The van der Waals surface area contributed by atoms with Gasteiger partial charge in [0.2, 0.25) is 0 Å². The number of carboxylic acid groups (broad SMARTS) is 1. The van der Waals surface area contributed by atoms with Gasteiger partial charge in [-0.15, -0.1) is 0 Å². The zero-order chi connectivity index (χ0) is 12.2. The van der Waals surface area contributed by atoms with Gasteiger partial charge >= 0.3 is 11.7 Å². The predicted octanol–water partition coefficient (Wildman–Crippen LogP) is 1.37. The van der Waals surface area contributed by atoms with Crippen LogP contribution in [0.2, 0.25) is 0 Å². The van der Waals surface area contributed by atoms with Gasteiger partial charge in [-0.2, -0.15) is 0 Å². The summed E-state index contributed by atoms with van der Waals surface area (Å²) in [6, 6.07) is 5.11. The molecule has 1 aromatic heterocycles. The van der Waals surface area contributed by atoms with Gasteiger partial charge in [0.05, 0.1) is 16.6 Å². The maximum Gasteiger partial charge on any atom is 0.335 e. The minimum Gasteiger partial charge on any atom is -0.478 e. The number of fused-ring (bicyclic) bond motifs is 1. The minimum absolute atomic E-state index is 0.0648. The third-order valence-electron chi connectivity index (χ3n) is 3.25. The molecule has 0 radical (unpaired) electrons. The molecule has 0 saturated heterocycles. The summed E-state index contributed by atoms with van der Waals surface area (Å²) >= 11 is 0. The maximum atomic E-state index is 12.0. The van der Waals surface area contributed by atoms with Crippen molar-refractivity contribution in [2.75, 3.05) is 0 Å². The quantitative estimate of drug-likeness (QED) is 0.850. The lowest BCUT2D eigenvalue weighted by Gasteiger charge is -1.99. The number of hydrogen-bond acceptors (Lipinski definition) is 2. The average Bonchev–Trinajstić information content (AvgIpc) is 3.09. The number of carbonyl (C=O) groups is 1. The highest BCUT2D eigenvalue weighted by atomic mass is 16.4. The second-order valence-corrected chi connectivity index (χ2v) is 4.45. The van der Waals surface area contributed by atoms with Gasteiger partial charge in [0, 0.05) is 13.1 Å². The fourth-order valence-corrected chi connectivity index (χ4v) is 2.18. The van der Waals surface area contributed by atoms with Crippen LogP contribution in [-0.4, -0.2) is 20.2 Å². The number of rotatable bonds is 2. The average molecular weight is 232 g/mol. The summed E-state index contributed by atoms with van der Waals surface area (Å²) in [5, 5.41) is 8.94. The Morgan fingerprint density at radius 1 is 1.35 bits per heavy atom. The molecule has 1 N–H and O–H groups in total. The molecule has 5 heteroatoms. The summed E-state index contributed by atoms with van der Waals surface area (Å²) in [5.41, 5.74) is 1.65. The van der Waals surface area contributed by atoms with E-state index in [2.05, 4.69) is 0 Å². The molecule has 5 nitrogen and oxygen atoms in total. The number of carboxylic acids is 1. The number of hydrogen-bond donors (Lipinski definition) is 1. The van der Waals surface area contributed by atoms with Crippen LogP contribution in [0.5, 0.6) is 0 Å². The molecule has 0 amide bonds. The number of nitrogens with zero attached hydrogens (tertiary/aromatic N) is 2. The SMILES string of the molecule is Cn1c(=O)n(C2CC2)c2ccc(C(=O)O)cc21. The van der Waals surface area contributed by atoms with Crippen LogP contribution in [0.4, 0.5) is 0 Å². The monoisotopic (exact) mass is 232 g/mol. The molecule has 1 saturated carbocycles. The fourth-order valence-electron chi connectivity index (χ4n) is 2.18. The highest BCUT2D eigenvalue weighted by molar-refractivity contribution is 5.92. The lowest BCUT2D eigenvalue weighted by atomic mass is 10.2. The summed E-state index contributed by atoms with van der Waals surface area (Å²) in [5.74, 6) is -0.974. The molecule has 0 spiro atoms. The van der Waals surface area contributed by atoms with Gasteiger partial charge in [0.1, 0.15) is 0 Å². The summed E-state index contributed by atoms with van der Waals surface area (Å²) in [6.45, 7) is 0. The number of benzene rings is 1. The molecule has 88 valence electrons. The smallest absolute Gasteiger partial charge is 0.335 e. The van der Waals surface area contributed by atoms with E-state index in [1.54, 1.807) is 29.8 Å². The zero-order valence-electron chi connectivity index (χ0n) is 9.38. The van der Waals surface area contributed by atoms with Crippen LogP contribution in [-0.2, 0) is 7.05 Å². The largest absolute Gasteiger partial charge is 0.478 e. The number of aromatic carboxylic acids is 1. The van der Waals surface area contributed by atoms with E-state index in [1.807, 2.05) is 0 Å². The fraction of sp³-hybridized carbons (Fsp3) is 0.333. The highest BCUT2D eigenvalue weighted by Crippen LogP contribution is 2.36. The van der Waals surface area contributed by atoms with E-state index in [0.717, 1.165) is 18.4 Å². The Balaban J connectivity index is 2.34. The Bertz CT molecular complexity index is 677. The van der Waals surface area contributed by atoms with Crippen molar-refractivity contribution in [1.29, 1.82) is 0 Å². The summed E-state index contributed by atoms with van der Waals surface area (Å²) in [7, 11) is 1.68. The van der Waals surface area contributed by atoms with Gasteiger partial charge in [-0.3, -0.25) is 9.13 Å². The normalized spacial score (nSPS) is 15.4. The molecule has 1 aliphatic carbocycles.